The number of halogens is 3. The first kappa shape index (κ1) is 21.3. The molecule has 4 aromatic rings. The fourth-order valence-corrected chi connectivity index (χ4v) is 5.06. The zero-order chi connectivity index (χ0) is 22.1. The second-order valence-corrected chi connectivity index (χ2v) is 8.48. The summed E-state index contributed by atoms with van der Waals surface area (Å²) in [6.45, 7) is 0. The van der Waals surface area contributed by atoms with Crippen molar-refractivity contribution in [2.24, 2.45) is 5.10 Å². The van der Waals surface area contributed by atoms with Crippen LogP contribution in [0.25, 0.3) is 21.4 Å². The number of fused-ring (bicyclic) bond motifs is 1. The maximum absolute atomic E-state index is 12.5. The SMILES string of the molecule is O=C(N/N=C/c1ccc(-c2ccc([N+](=O)[O-])cc2)o1)c1sc2cc(Cl)cc(Cl)c2c1Cl. The van der Waals surface area contributed by atoms with Crippen LogP contribution in [0, 0.1) is 10.1 Å². The molecule has 0 saturated heterocycles. The Morgan fingerprint density at radius 3 is 2.58 bits per heavy atom. The number of rotatable bonds is 5. The molecule has 1 N–H and O–H groups in total. The molecule has 2 aromatic carbocycles. The molecule has 156 valence electrons. The molecule has 0 aliphatic rings. The summed E-state index contributed by atoms with van der Waals surface area (Å²) in [4.78, 5) is 23.0. The van der Waals surface area contributed by atoms with Gasteiger partial charge in [-0.15, -0.1) is 11.3 Å². The van der Waals surface area contributed by atoms with Gasteiger partial charge in [0.1, 0.15) is 16.4 Å². The minimum absolute atomic E-state index is 0.0109. The summed E-state index contributed by atoms with van der Waals surface area (Å²) in [5, 5.41) is 16.2. The molecule has 11 heteroatoms. The van der Waals surface area contributed by atoms with Gasteiger partial charge in [0.25, 0.3) is 11.6 Å². The maximum Gasteiger partial charge on any atom is 0.283 e. The van der Waals surface area contributed by atoms with Crippen LogP contribution in [-0.2, 0) is 0 Å². The quantitative estimate of drug-likeness (QED) is 0.187. The molecule has 31 heavy (non-hydrogen) atoms. The highest BCUT2D eigenvalue weighted by molar-refractivity contribution is 7.21. The number of nitro groups is 1. The molecule has 0 unspecified atom stereocenters. The first-order valence-electron chi connectivity index (χ1n) is 8.58. The predicted molar refractivity (Wildman–Crippen MR) is 123 cm³/mol. The molecule has 0 fully saturated rings. The highest BCUT2D eigenvalue weighted by Crippen LogP contribution is 2.41. The van der Waals surface area contributed by atoms with Crippen LogP contribution in [0.2, 0.25) is 15.1 Å². The van der Waals surface area contributed by atoms with E-state index in [1.54, 1.807) is 36.4 Å². The third-order valence-electron chi connectivity index (χ3n) is 4.20. The van der Waals surface area contributed by atoms with Gasteiger partial charge in [0.2, 0.25) is 0 Å². The normalized spacial score (nSPS) is 11.3. The number of carbonyl (C=O) groups is 1. The average molecular weight is 495 g/mol. The molecule has 1 amide bonds. The number of nitrogens with one attached hydrogen (secondary N) is 1. The molecular weight excluding hydrogens is 485 g/mol. The van der Waals surface area contributed by atoms with Crippen LogP contribution in [0.3, 0.4) is 0 Å². The van der Waals surface area contributed by atoms with E-state index in [1.807, 2.05) is 0 Å². The van der Waals surface area contributed by atoms with Gasteiger partial charge in [0, 0.05) is 32.8 Å². The van der Waals surface area contributed by atoms with Crippen LogP contribution in [0.4, 0.5) is 5.69 Å². The second-order valence-electron chi connectivity index (χ2n) is 6.21. The summed E-state index contributed by atoms with van der Waals surface area (Å²) in [6, 6.07) is 12.5. The van der Waals surface area contributed by atoms with Crippen molar-refractivity contribution in [2.45, 2.75) is 0 Å². The van der Waals surface area contributed by atoms with E-state index in [1.165, 1.54) is 18.3 Å². The average Bonchev–Trinajstić information content (AvgIpc) is 3.32. The molecule has 0 saturated carbocycles. The van der Waals surface area contributed by atoms with Crippen molar-refractivity contribution in [3.63, 3.8) is 0 Å². The Labute approximate surface area is 194 Å². The molecule has 0 aliphatic carbocycles. The van der Waals surface area contributed by atoms with Gasteiger partial charge in [-0.2, -0.15) is 5.10 Å². The van der Waals surface area contributed by atoms with Crippen LogP contribution in [-0.4, -0.2) is 17.0 Å². The highest BCUT2D eigenvalue weighted by Gasteiger charge is 2.19. The van der Waals surface area contributed by atoms with Crippen LogP contribution in [0.5, 0.6) is 0 Å². The van der Waals surface area contributed by atoms with Crippen molar-refractivity contribution in [1.82, 2.24) is 5.43 Å². The summed E-state index contributed by atoms with van der Waals surface area (Å²) in [7, 11) is 0. The molecule has 2 heterocycles. The summed E-state index contributed by atoms with van der Waals surface area (Å²) in [5.74, 6) is 0.379. The third-order valence-corrected chi connectivity index (χ3v) is 6.35. The highest BCUT2D eigenvalue weighted by atomic mass is 35.5. The van der Waals surface area contributed by atoms with Crippen molar-refractivity contribution in [3.8, 4) is 11.3 Å². The van der Waals surface area contributed by atoms with Gasteiger partial charge in [0.15, 0.2) is 0 Å². The standard InChI is InChI=1S/C20H10Cl3N3O4S/c21-11-7-14(22)17-16(8-11)31-19(18(17)23)20(27)25-24-9-13-5-6-15(30-13)10-1-3-12(4-2-10)26(28)29/h1-9H,(H,25,27)/b24-9+. The third kappa shape index (κ3) is 4.42. The van der Waals surface area contributed by atoms with Crippen molar-refractivity contribution in [3.05, 3.63) is 84.4 Å². The Balaban J connectivity index is 1.47. The maximum atomic E-state index is 12.5. The summed E-state index contributed by atoms with van der Waals surface area (Å²) in [5.41, 5.74) is 3.06. The van der Waals surface area contributed by atoms with E-state index in [0.717, 1.165) is 11.3 Å². The molecule has 2 aromatic heterocycles. The number of nitro benzene ring substituents is 1. The molecule has 4 rings (SSSR count). The van der Waals surface area contributed by atoms with Gasteiger partial charge in [-0.3, -0.25) is 14.9 Å². The van der Waals surface area contributed by atoms with E-state index in [4.69, 9.17) is 39.2 Å². The van der Waals surface area contributed by atoms with Crippen molar-refractivity contribution < 1.29 is 14.1 Å². The van der Waals surface area contributed by atoms with Crippen LogP contribution in [0.15, 0.2) is 58.0 Å². The van der Waals surface area contributed by atoms with Crippen molar-refractivity contribution in [2.75, 3.05) is 0 Å². The number of hydrogen-bond donors (Lipinski definition) is 1. The van der Waals surface area contributed by atoms with E-state index in [-0.39, 0.29) is 15.6 Å². The van der Waals surface area contributed by atoms with Gasteiger partial charge in [-0.05, 0) is 36.4 Å². The van der Waals surface area contributed by atoms with E-state index in [0.29, 0.717) is 37.2 Å². The van der Waals surface area contributed by atoms with Gasteiger partial charge in [0.05, 0.1) is 21.2 Å². The van der Waals surface area contributed by atoms with Gasteiger partial charge < -0.3 is 4.42 Å². The molecule has 0 radical (unpaired) electrons. The lowest BCUT2D eigenvalue weighted by Crippen LogP contribution is -2.16. The number of hydrogen-bond acceptors (Lipinski definition) is 6. The predicted octanol–water partition coefficient (Wildman–Crippen LogP) is 6.79. The Hall–Kier alpha value is -2.91. The largest absolute Gasteiger partial charge is 0.455 e. The summed E-state index contributed by atoms with van der Waals surface area (Å²) in [6.07, 6.45) is 1.33. The molecule has 0 atom stereocenters. The molecule has 0 bridgehead atoms. The molecule has 0 spiro atoms. The smallest absolute Gasteiger partial charge is 0.283 e. The number of non-ortho nitro benzene ring substituents is 1. The minimum Gasteiger partial charge on any atom is -0.455 e. The summed E-state index contributed by atoms with van der Waals surface area (Å²) >= 11 is 19.6. The van der Waals surface area contributed by atoms with Gasteiger partial charge in [-0.1, -0.05) is 34.8 Å². The lowest BCUT2D eigenvalue weighted by atomic mass is 10.1. The monoisotopic (exact) mass is 493 g/mol. The van der Waals surface area contributed by atoms with Crippen LogP contribution >= 0.6 is 46.1 Å². The van der Waals surface area contributed by atoms with Crippen LogP contribution in [0.1, 0.15) is 15.4 Å². The zero-order valence-electron chi connectivity index (χ0n) is 15.3. The topological polar surface area (TPSA) is 97.7 Å². The van der Waals surface area contributed by atoms with Crippen molar-refractivity contribution >= 4 is 74.0 Å². The van der Waals surface area contributed by atoms with E-state index in [2.05, 4.69) is 10.5 Å². The summed E-state index contributed by atoms with van der Waals surface area (Å²) < 4.78 is 6.32. The number of benzene rings is 2. The van der Waals surface area contributed by atoms with Gasteiger partial charge in [-0.25, -0.2) is 5.43 Å². The fourth-order valence-electron chi connectivity index (χ4n) is 2.79. The van der Waals surface area contributed by atoms with E-state index >= 15 is 0 Å². The van der Waals surface area contributed by atoms with Crippen LogP contribution < -0.4 is 5.43 Å². The number of furan rings is 1. The first-order valence-corrected chi connectivity index (χ1v) is 10.5. The lowest BCUT2D eigenvalue weighted by Gasteiger charge is -1.98. The van der Waals surface area contributed by atoms with Crippen molar-refractivity contribution in [1.29, 1.82) is 0 Å². The second kappa shape index (κ2) is 8.68. The zero-order valence-corrected chi connectivity index (χ0v) is 18.3. The molecule has 7 nitrogen and oxygen atoms in total. The number of amides is 1. The van der Waals surface area contributed by atoms with E-state index < -0.39 is 10.8 Å². The Bertz CT molecular complexity index is 1350. The first-order chi connectivity index (χ1) is 14.8. The minimum atomic E-state index is -0.503. The molecular formula is C20H10Cl3N3O4S. The lowest BCUT2D eigenvalue weighted by molar-refractivity contribution is -0.384. The van der Waals surface area contributed by atoms with Gasteiger partial charge >= 0.3 is 0 Å². The number of carbonyl (C=O) groups excluding carboxylic acids is 1. The number of thiophene rings is 1. The Kier molecular flexibility index (Phi) is 5.97. The molecule has 0 aliphatic heterocycles. The Morgan fingerprint density at radius 2 is 1.87 bits per heavy atom. The number of hydrazone groups is 1. The Morgan fingerprint density at radius 1 is 1.13 bits per heavy atom. The van der Waals surface area contributed by atoms with E-state index in [9.17, 15) is 14.9 Å². The number of nitrogens with zero attached hydrogens (tertiary/aromatic N) is 2. The fraction of sp³-hybridized carbons (Fsp3) is 0.